The molecule has 0 fully saturated rings. The highest BCUT2D eigenvalue weighted by molar-refractivity contribution is 7.26. The molecule has 0 unspecified atom stereocenters. The highest BCUT2D eigenvalue weighted by Crippen LogP contribution is 2.48. The van der Waals surface area contributed by atoms with Crippen molar-refractivity contribution < 1.29 is 14.6 Å². The van der Waals surface area contributed by atoms with Gasteiger partial charge in [0.15, 0.2) is 11.4 Å². The van der Waals surface area contributed by atoms with Crippen molar-refractivity contribution in [3.8, 4) is 0 Å². The van der Waals surface area contributed by atoms with Crippen LogP contribution in [0.1, 0.15) is 32.1 Å². The molecule has 1 aromatic heterocycles. The predicted octanol–water partition coefficient (Wildman–Crippen LogP) is 3.91. The third-order valence-electron chi connectivity index (χ3n) is 5.37. The van der Waals surface area contributed by atoms with E-state index in [9.17, 15) is 9.90 Å². The molecule has 0 aliphatic heterocycles. The summed E-state index contributed by atoms with van der Waals surface area (Å²) in [6.45, 7) is 15.9. The molecule has 0 saturated carbocycles. The second-order valence-corrected chi connectivity index (χ2v) is 14.3. The predicted molar refractivity (Wildman–Crippen MR) is 107 cm³/mol. The molecule has 1 heterocycles. The van der Waals surface area contributed by atoms with Crippen molar-refractivity contribution in [3.05, 3.63) is 46.0 Å². The standard InChI is InChI=1S/C20H28O3SSi/c1-9-13(2)19(22)12-20(23-5,18(21)14(3)15(19)4)16-10-11-17(24-16)25(6,7)8/h10-11,22H,1,12H2,2-8H3/t19-,20+/m1/s1. The van der Waals surface area contributed by atoms with Crippen molar-refractivity contribution in [1.82, 2.24) is 0 Å². The number of hydrogen-bond acceptors (Lipinski definition) is 4. The molecule has 1 aliphatic rings. The quantitative estimate of drug-likeness (QED) is 0.640. The largest absolute Gasteiger partial charge is 0.380 e. The van der Waals surface area contributed by atoms with Crippen LogP contribution < -0.4 is 4.50 Å². The van der Waals surface area contributed by atoms with Gasteiger partial charge in [-0.1, -0.05) is 32.3 Å². The Hall–Kier alpha value is -1.23. The highest BCUT2D eigenvalue weighted by atomic mass is 32.1. The molecular formula is C20H28O3SSi. The molecule has 1 aromatic rings. The Balaban J connectivity index is 2.71. The van der Waals surface area contributed by atoms with Crippen molar-refractivity contribution in [1.29, 1.82) is 0 Å². The smallest absolute Gasteiger partial charge is 0.195 e. The van der Waals surface area contributed by atoms with Gasteiger partial charge in [-0.25, -0.2) is 0 Å². The zero-order valence-electron chi connectivity index (χ0n) is 16.2. The summed E-state index contributed by atoms with van der Waals surface area (Å²) in [6, 6.07) is 4.09. The van der Waals surface area contributed by atoms with Gasteiger partial charge in [0, 0.05) is 24.0 Å². The van der Waals surface area contributed by atoms with Crippen LogP contribution in [0.15, 0.2) is 41.2 Å². The first-order valence-corrected chi connectivity index (χ1v) is 12.7. The van der Waals surface area contributed by atoms with Gasteiger partial charge < -0.3 is 9.84 Å². The van der Waals surface area contributed by atoms with Gasteiger partial charge in [-0.3, -0.25) is 4.79 Å². The van der Waals surface area contributed by atoms with Gasteiger partial charge in [-0.05, 0) is 42.5 Å². The fraction of sp³-hybridized carbons (Fsp3) is 0.500. The first-order chi connectivity index (χ1) is 11.4. The van der Waals surface area contributed by atoms with Crippen molar-refractivity contribution in [2.75, 3.05) is 7.11 Å². The van der Waals surface area contributed by atoms with E-state index < -0.39 is 19.3 Å². The SMILES string of the molecule is C=C=C(C)[C@]1(O)C[C@](OC)(c2ccc([Si](C)(C)C)s2)C(=O)C(C)=C1C. The Labute approximate surface area is 155 Å². The number of carbonyl (C=O) groups is 1. The number of hydrogen-bond donors (Lipinski definition) is 1. The van der Waals surface area contributed by atoms with E-state index in [2.05, 4.69) is 38.0 Å². The van der Waals surface area contributed by atoms with E-state index in [4.69, 9.17) is 4.74 Å². The maximum Gasteiger partial charge on any atom is 0.195 e. The Morgan fingerprint density at radius 1 is 1.36 bits per heavy atom. The first-order valence-electron chi connectivity index (χ1n) is 8.42. The van der Waals surface area contributed by atoms with E-state index in [1.807, 2.05) is 6.07 Å². The fourth-order valence-corrected chi connectivity index (χ4v) is 6.40. The molecule has 25 heavy (non-hydrogen) atoms. The molecule has 0 saturated heterocycles. The average molecular weight is 377 g/mol. The lowest BCUT2D eigenvalue weighted by Crippen LogP contribution is -2.52. The van der Waals surface area contributed by atoms with Crippen molar-refractivity contribution >= 4 is 29.7 Å². The van der Waals surface area contributed by atoms with Crippen LogP contribution >= 0.6 is 11.3 Å². The molecule has 1 N–H and O–H groups in total. The van der Waals surface area contributed by atoms with Gasteiger partial charge in [0.1, 0.15) is 5.60 Å². The molecular weight excluding hydrogens is 348 g/mol. The summed E-state index contributed by atoms with van der Waals surface area (Å²) in [5, 5.41) is 11.4. The molecule has 0 spiro atoms. The third kappa shape index (κ3) is 3.05. The summed E-state index contributed by atoms with van der Waals surface area (Å²) < 4.78 is 7.15. The van der Waals surface area contributed by atoms with E-state index in [1.54, 1.807) is 39.2 Å². The molecule has 3 nitrogen and oxygen atoms in total. The minimum absolute atomic E-state index is 0.0713. The van der Waals surface area contributed by atoms with E-state index in [-0.39, 0.29) is 12.2 Å². The number of carbonyl (C=O) groups excluding carboxylic acids is 1. The van der Waals surface area contributed by atoms with Crippen LogP contribution in [0.2, 0.25) is 19.6 Å². The Kier molecular flexibility index (Phi) is 5.21. The number of methoxy groups -OCH3 is 1. The molecule has 0 amide bonds. The lowest BCUT2D eigenvalue weighted by Gasteiger charge is -2.44. The van der Waals surface area contributed by atoms with Gasteiger partial charge in [0.05, 0.1) is 8.07 Å². The molecule has 0 radical (unpaired) electrons. The Morgan fingerprint density at radius 3 is 2.40 bits per heavy atom. The van der Waals surface area contributed by atoms with E-state index >= 15 is 0 Å². The topological polar surface area (TPSA) is 46.5 Å². The number of Topliss-reactive ketones (excluding diaryl/α,β-unsaturated/α-hetero) is 1. The van der Waals surface area contributed by atoms with Crippen molar-refractivity contribution in [2.24, 2.45) is 0 Å². The van der Waals surface area contributed by atoms with Gasteiger partial charge in [0.2, 0.25) is 0 Å². The Morgan fingerprint density at radius 2 is 1.96 bits per heavy atom. The summed E-state index contributed by atoms with van der Waals surface area (Å²) in [5.41, 5.74) is 2.18. The maximum atomic E-state index is 13.2. The summed E-state index contributed by atoms with van der Waals surface area (Å²) in [5.74, 6) is -0.0713. The molecule has 2 atom stereocenters. The summed E-state index contributed by atoms with van der Waals surface area (Å²) in [7, 11) is 0.0597. The normalized spacial score (nSPS) is 27.4. The lowest BCUT2D eigenvalue weighted by molar-refractivity contribution is -0.147. The number of ketones is 1. The summed E-state index contributed by atoms with van der Waals surface area (Å²) in [4.78, 5) is 14.1. The highest BCUT2D eigenvalue weighted by Gasteiger charge is 2.54. The van der Waals surface area contributed by atoms with E-state index in [0.717, 1.165) is 4.88 Å². The van der Waals surface area contributed by atoms with Crippen LogP contribution in [0.4, 0.5) is 0 Å². The molecule has 5 heteroatoms. The van der Waals surface area contributed by atoms with Gasteiger partial charge in [-0.15, -0.1) is 17.1 Å². The molecule has 0 aromatic carbocycles. The minimum atomic E-state index is -1.49. The second kappa shape index (κ2) is 6.49. The molecule has 136 valence electrons. The fourth-order valence-electron chi connectivity index (χ4n) is 3.34. The van der Waals surface area contributed by atoms with E-state index in [0.29, 0.717) is 16.7 Å². The van der Waals surface area contributed by atoms with Crippen LogP contribution in [0.3, 0.4) is 0 Å². The maximum absolute atomic E-state index is 13.2. The molecule has 0 bridgehead atoms. The average Bonchev–Trinajstić information content (AvgIpc) is 3.06. The molecule has 2 rings (SSSR count). The van der Waals surface area contributed by atoms with Gasteiger partial charge >= 0.3 is 0 Å². The second-order valence-electron chi connectivity index (χ2n) is 7.86. The summed E-state index contributed by atoms with van der Waals surface area (Å²) >= 11 is 1.63. The van der Waals surface area contributed by atoms with Crippen LogP contribution in [-0.2, 0) is 15.1 Å². The van der Waals surface area contributed by atoms with Crippen molar-refractivity contribution in [3.63, 3.8) is 0 Å². The molecule has 1 aliphatic carbocycles. The van der Waals surface area contributed by atoms with Crippen LogP contribution in [0, 0.1) is 0 Å². The number of rotatable bonds is 4. The zero-order chi connectivity index (χ0) is 19.2. The van der Waals surface area contributed by atoms with Crippen LogP contribution in [-0.4, -0.2) is 31.7 Å². The third-order valence-corrected chi connectivity index (χ3v) is 10.2. The van der Waals surface area contributed by atoms with Gasteiger partial charge in [0.25, 0.3) is 0 Å². The number of thiophene rings is 1. The Bertz CT molecular complexity index is 792. The summed E-state index contributed by atoms with van der Waals surface area (Å²) in [6.07, 6.45) is 0.151. The lowest BCUT2D eigenvalue weighted by atomic mass is 9.68. The zero-order valence-corrected chi connectivity index (χ0v) is 18.1. The number of ether oxygens (including phenoxy) is 1. The van der Waals surface area contributed by atoms with E-state index in [1.165, 1.54) is 4.50 Å². The number of aliphatic hydroxyl groups is 1. The van der Waals surface area contributed by atoms with Crippen LogP contribution in [0.5, 0.6) is 0 Å². The van der Waals surface area contributed by atoms with Crippen molar-refractivity contribution in [2.45, 2.75) is 58.0 Å². The monoisotopic (exact) mass is 376 g/mol. The van der Waals surface area contributed by atoms with Crippen LogP contribution in [0.25, 0.3) is 0 Å². The minimum Gasteiger partial charge on any atom is -0.380 e. The first kappa shape index (κ1) is 20.1. The van der Waals surface area contributed by atoms with Gasteiger partial charge in [-0.2, -0.15) is 0 Å².